The Morgan fingerprint density at radius 3 is 2.25 bits per heavy atom. The molecule has 0 spiro atoms. The Kier molecular flexibility index (Phi) is 14.1. The van der Waals surface area contributed by atoms with Gasteiger partial charge in [0.1, 0.15) is 23.6 Å². The highest BCUT2D eigenvalue weighted by Gasteiger charge is 2.63. The van der Waals surface area contributed by atoms with Gasteiger partial charge in [-0.2, -0.15) is 25.6 Å². The number of anilines is 1. The molecule has 4 aromatic rings. The number of nitrogens with one attached hydrogen (secondary N) is 2. The summed E-state index contributed by atoms with van der Waals surface area (Å²) >= 11 is 0. The van der Waals surface area contributed by atoms with E-state index in [1.165, 1.54) is 6.33 Å². The number of ether oxygens (including phenoxy) is 1. The Hall–Kier alpha value is -3.45. The Morgan fingerprint density at radius 1 is 1.02 bits per heavy atom. The zero-order chi connectivity index (χ0) is 43.6. The van der Waals surface area contributed by atoms with Gasteiger partial charge in [0.05, 0.1) is 48.4 Å². The molecule has 0 aliphatic heterocycles. The molecule has 1 aliphatic carbocycles. The first kappa shape index (κ1) is 46.6. The number of benzene rings is 1. The highest BCUT2D eigenvalue weighted by molar-refractivity contribution is 7.52. The highest BCUT2D eigenvalue weighted by atomic mass is 31.2. The lowest BCUT2D eigenvalue weighted by Gasteiger charge is -2.47. The van der Waals surface area contributed by atoms with Crippen molar-refractivity contribution in [2.75, 3.05) is 18.9 Å². The number of hydrogen-bond donors (Lipinski definition) is 3. The topological polar surface area (TPSA) is 190 Å². The molecule has 0 bridgehead atoms. The summed E-state index contributed by atoms with van der Waals surface area (Å²) in [5.41, 5.74) is 7.42. The van der Waals surface area contributed by atoms with Gasteiger partial charge < -0.3 is 23.8 Å². The van der Waals surface area contributed by atoms with Crippen molar-refractivity contribution in [1.82, 2.24) is 35.1 Å². The minimum Gasteiger partial charge on any atom is -0.464 e. The number of nitrogens with two attached hydrogens (primary N) is 1. The molecule has 18 heteroatoms. The molecule has 1 aromatic carbocycles. The summed E-state index contributed by atoms with van der Waals surface area (Å²) in [6, 6.07) is 11.7. The SMILES string of the molecule is CCC(CC)COC(=O)[C@H](C)N[P@](=O)(OC[C@H]1C[C@@](c2cn[nH]n2)(c2ccc3c(N)ncnn23)[C@H](O[Si](C)(C)C(C)(C)C)C1O[Si](C)(C)C(C)(C)C)Oc1ccccc1. The van der Waals surface area contributed by atoms with E-state index in [0.717, 1.165) is 18.5 Å². The fraction of sp³-hybridized carbons (Fsp3) is 0.634. The maximum Gasteiger partial charge on any atom is 0.459 e. The highest BCUT2D eigenvalue weighted by Crippen LogP contribution is 2.56. The molecule has 4 N–H and O–H groups in total. The van der Waals surface area contributed by atoms with Crippen molar-refractivity contribution in [3.05, 3.63) is 66.4 Å². The largest absolute Gasteiger partial charge is 0.464 e. The monoisotopic (exact) mass is 870 g/mol. The number of para-hydroxylation sites is 1. The first-order chi connectivity index (χ1) is 27.5. The number of aromatic nitrogens is 6. The quantitative estimate of drug-likeness (QED) is 0.0490. The average molecular weight is 871 g/mol. The van der Waals surface area contributed by atoms with Gasteiger partial charge in [-0.15, -0.1) is 0 Å². The van der Waals surface area contributed by atoms with Crippen molar-refractivity contribution >= 4 is 41.7 Å². The molecule has 1 fully saturated rings. The molecule has 1 aliphatic rings. The number of nitrogen functional groups attached to an aromatic ring is 1. The number of hydrogen-bond acceptors (Lipinski definition) is 12. The van der Waals surface area contributed by atoms with Gasteiger partial charge in [0.25, 0.3) is 0 Å². The molecular weight excluding hydrogens is 804 g/mol. The van der Waals surface area contributed by atoms with Crippen molar-refractivity contribution in [2.24, 2.45) is 11.8 Å². The van der Waals surface area contributed by atoms with Crippen LogP contribution < -0.4 is 15.3 Å². The summed E-state index contributed by atoms with van der Waals surface area (Å²) < 4.78 is 50.3. The van der Waals surface area contributed by atoms with Crippen LogP contribution in [0.5, 0.6) is 5.75 Å². The van der Waals surface area contributed by atoms with Crippen LogP contribution in [0.15, 0.2) is 55.0 Å². The number of carbonyl (C=O) groups is 1. The third-order valence-corrected chi connectivity index (χ3v) is 23.4. The van der Waals surface area contributed by atoms with Crippen LogP contribution >= 0.6 is 7.75 Å². The van der Waals surface area contributed by atoms with Crippen LogP contribution in [0.4, 0.5) is 5.82 Å². The van der Waals surface area contributed by atoms with Crippen molar-refractivity contribution in [2.45, 2.75) is 142 Å². The maximum atomic E-state index is 15.0. The molecule has 3 heterocycles. The molecule has 0 amide bonds. The molecule has 326 valence electrons. The molecule has 5 rings (SSSR count). The minimum absolute atomic E-state index is 0.0939. The second-order valence-electron chi connectivity index (χ2n) is 19.0. The summed E-state index contributed by atoms with van der Waals surface area (Å²) in [6.07, 6.45) is 4.03. The van der Waals surface area contributed by atoms with Crippen LogP contribution in [0, 0.1) is 11.8 Å². The van der Waals surface area contributed by atoms with E-state index < -0.39 is 59.9 Å². The lowest BCUT2D eigenvalue weighted by Crippen LogP contribution is -2.56. The van der Waals surface area contributed by atoms with Gasteiger partial charge in [-0.05, 0) is 79.8 Å². The van der Waals surface area contributed by atoms with Gasteiger partial charge >= 0.3 is 13.7 Å². The normalized spacial score (nSPS) is 22.1. The Bertz CT molecular complexity index is 2050. The van der Waals surface area contributed by atoms with E-state index in [9.17, 15) is 4.79 Å². The Morgan fingerprint density at radius 2 is 1.66 bits per heavy atom. The number of esters is 1. The third kappa shape index (κ3) is 10.0. The smallest absolute Gasteiger partial charge is 0.459 e. The first-order valence-corrected chi connectivity index (χ1v) is 28.1. The van der Waals surface area contributed by atoms with Crippen LogP contribution in [-0.2, 0) is 32.9 Å². The van der Waals surface area contributed by atoms with Gasteiger partial charge in [0, 0.05) is 5.92 Å². The molecular formula is C41H67N8O7PSi2. The Labute approximate surface area is 352 Å². The predicted octanol–water partition coefficient (Wildman–Crippen LogP) is 8.68. The van der Waals surface area contributed by atoms with Crippen LogP contribution in [0.25, 0.3) is 5.52 Å². The average Bonchev–Trinajstić information content (AvgIpc) is 3.91. The van der Waals surface area contributed by atoms with Gasteiger partial charge in [0.2, 0.25) is 0 Å². The summed E-state index contributed by atoms with van der Waals surface area (Å²) in [7, 11) is -9.43. The van der Waals surface area contributed by atoms with Crippen molar-refractivity contribution in [3.8, 4) is 5.75 Å². The molecule has 6 atom stereocenters. The van der Waals surface area contributed by atoms with E-state index in [2.05, 4.69) is 102 Å². The molecule has 1 saturated carbocycles. The summed E-state index contributed by atoms with van der Waals surface area (Å²) in [5, 5.41) is 19.2. The van der Waals surface area contributed by atoms with E-state index in [0.29, 0.717) is 29.2 Å². The third-order valence-electron chi connectivity index (χ3n) is 12.9. The van der Waals surface area contributed by atoms with Crippen molar-refractivity contribution in [3.63, 3.8) is 0 Å². The van der Waals surface area contributed by atoms with Crippen LogP contribution in [0.1, 0.15) is 93.0 Å². The molecule has 59 heavy (non-hydrogen) atoms. The van der Waals surface area contributed by atoms with Gasteiger partial charge in [-0.3, -0.25) is 9.32 Å². The van der Waals surface area contributed by atoms with E-state index in [1.807, 2.05) is 18.2 Å². The number of fused-ring (bicyclic) bond motifs is 1. The summed E-state index contributed by atoms with van der Waals surface area (Å²) in [6.45, 7) is 28.0. The number of rotatable bonds is 18. The van der Waals surface area contributed by atoms with Crippen molar-refractivity contribution < 1.29 is 32.0 Å². The fourth-order valence-corrected chi connectivity index (χ4v) is 11.3. The lowest BCUT2D eigenvalue weighted by molar-refractivity contribution is -0.146. The summed E-state index contributed by atoms with van der Waals surface area (Å²) in [5.74, 6) is -0.136. The minimum atomic E-state index is -4.27. The number of nitrogens with zero attached hydrogens (tertiary/aromatic N) is 5. The second-order valence-corrected chi connectivity index (χ2v) is 30.2. The number of aromatic amines is 1. The van der Waals surface area contributed by atoms with E-state index >= 15 is 4.57 Å². The zero-order valence-electron chi connectivity index (χ0n) is 37.2. The van der Waals surface area contributed by atoms with Crippen LogP contribution in [0.3, 0.4) is 0 Å². The number of carbonyl (C=O) groups excluding carboxylic acids is 1. The number of H-pyrrole nitrogens is 1. The van der Waals surface area contributed by atoms with Gasteiger partial charge in [-0.25, -0.2) is 14.1 Å². The van der Waals surface area contributed by atoms with E-state index in [1.54, 1.807) is 41.9 Å². The lowest BCUT2D eigenvalue weighted by atomic mass is 9.77. The standard InChI is InChI=1S/C41H67N8O7PSi2/c1-14-29(15-2)25-52-38(50)28(3)47-57(51,54-31-19-17-16-18-20-31)53-26-30-23-41(33-24-44-48-46-33,34-22-21-32-37(42)43-27-45-49(32)34)36(56-59(12,13)40(7,8)9)35(30)55-58(10,11)39(4,5)6/h16-22,24,27-30,35-36H,14-15,23,25-26H2,1-13H3,(H,47,51)(H2,42,43,45)(H,44,46,48)/t28-,30+,35?,36+,41+,57-/m0/s1. The molecule has 3 aromatic heterocycles. The second kappa shape index (κ2) is 17.9. The van der Waals surface area contributed by atoms with Crippen LogP contribution in [0.2, 0.25) is 36.3 Å². The van der Waals surface area contributed by atoms with E-state index in [4.69, 9.17) is 38.6 Å². The maximum absolute atomic E-state index is 15.0. The predicted molar refractivity (Wildman–Crippen MR) is 235 cm³/mol. The molecule has 0 radical (unpaired) electrons. The van der Waals surface area contributed by atoms with Gasteiger partial charge in [0.15, 0.2) is 22.5 Å². The Balaban J connectivity index is 1.66. The van der Waals surface area contributed by atoms with E-state index in [-0.39, 0.29) is 29.2 Å². The summed E-state index contributed by atoms with van der Waals surface area (Å²) in [4.78, 5) is 17.6. The fourth-order valence-electron chi connectivity index (χ4n) is 7.05. The molecule has 0 saturated heterocycles. The van der Waals surface area contributed by atoms with Crippen molar-refractivity contribution in [1.29, 1.82) is 0 Å². The van der Waals surface area contributed by atoms with Gasteiger partial charge in [-0.1, -0.05) is 86.4 Å². The molecule has 1 unspecified atom stereocenters. The molecule has 15 nitrogen and oxygen atoms in total. The first-order valence-electron chi connectivity index (χ1n) is 20.7. The zero-order valence-corrected chi connectivity index (χ0v) is 40.1. The van der Waals surface area contributed by atoms with Crippen LogP contribution in [-0.4, -0.2) is 84.1 Å².